The summed E-state index contributed by atoms with van der Waals surface area (Å²) in [7, 11) is 5.74. The van der Waals surface area contributed by atoms with Crippen LogP contribution in [0.4, 0.5) is 0 Å². The standard InChI is InChI=1S/C30H40Cl2N2O3/c1-21(2)19-34(28(35)16-22-9-10-26(31)27(32)15-22)24-11-12-30(37-5)20-33(3)14-13-29(30,18-24)23-7-6-8-25(17-23)36-4/h6-10,15,17,21,24H,11-14,16,18-20H2,1-5H3/t24-,29+,30+/m1/s1. The van der Waals surface area contributed by atoms with Crippen LogP contribution in [-0.4, -0.2) is 68.3 Å². The van der Waals surface area contributed by atoms with Crippen LogP contribution in [0, 0.1) is 5.92 Å². The summed E-state index contributed by atoms with van der Waals surface area (Å²) in [4.78, 5) is 18.3. The smallest absolute Gasteiger partial charge is 0.227 e. The van der Waals surface area contributed by atoms with Crippen LogP contribution >= 0.6 is 23.2 Å². The van der Waals surface area contributed by atoms with Crippen molar-refractivity contribution >= 4 is 29.1 Å². The molecule has 0 unspecified atom stereocenters. The summed E-state index contributed by atoms with van der Waals surface area (Å²) in [5.74, 6) is 1.35. The molecule has 1 saturated heterocycles. The third kappa shape index (κ3) is 5.66. The van der Waals surface area contributed by atoms with E-state index in [0.717, 1.165) is 56.6 Å². The van der Waals surface area contributed by atoms with Gasteiger partial charge in [-0.15, -0.1) is 0 Å². The minimum Gasteiger partial charge on any atom is -0.497 e. The number of carbonyl (C=O) groups is 1. The zero-order valence-electron chi connectivity index (χ0n) is 22.7. The average molecular weight is 548 g/mol. The van der Waals surface area contributed by atoms with E-state index in [-0.39, 0.29) is 23.0 Å². The van der Waals surface area contributed by atoms with Gasteiger partial charge in [-0.2, -0.15) is 0 Å². The molecule has 7 heteroatoms. The van der Waals surface area contributed by atoms with Gasteiger partial charge in [0.15, 0.2) is 0 Å². The molecule has 1 aliphatic carbocycles. The molecule has 1 saturated carbocycles. The number of amides is 1. The molecule has 37 heavy (non-hydrogen) atoms. The number of likely N-dealkylation sites (tertiary alicyclic amines) is 1. The maximum atomic E-state index is 13.8. The molecular weight excluding hydrogens is 507 g/mol. The molecule has 0 aromatic heterocycles. The number of ether oxygens (including phenoxy) is 2. The van der Waals surface area contributed by atoms with Gasteiger partial charge >= 0.3 is 0 Å². The molecule has 0 radical (unpaired) electrons. The molecular formula is C30H40Cl2N2O3. The molecule has 2 aromatic rings. The van der Waals surface area contributed by atoms with Gasteiger partial charge in [0.05, 0.1) is 29.2 Å². The lowest BCUT2D eigenvalue weighted by molar-refractivity contribution is -0.159. The highest BCUT2D eigenvalue weighted by Crippen LogP contribution is 2.54. The number of halogens is 2. The van der Waals surface area contributed by atoms with Gasteiger partial charge in [-0.1, -0.05) is 55.2 Å². The Morgan fingerprint density at radius 1 is 1.14 bits per heavy atom. The third-order valence-electron chi connectivity index (χ3n) is 8.46. The van der Waals surface area contributed by atoms with E-state index in [1.54, 1.807) is 19.2 Å². The molecule has 2 fully saturated rings. The molecule has 4 rings (SSSR count). The number of hydrogen-bond donors (Lipinski definition) is 0. The highest BCUT2D eigenvalue weighted by atomic mass is 35.5. The lowest BCUT2D eigenvalue weighted by Gasteiger charge is -2.60. The molecule has 3 atom stereocenters. The summed E-state index contributed by atoms with van der Waals surface area (Å²) in [5.41, 5.74) is 1.59. The molecule has 0 spiro atoms. The van der Waals surface area contributed by atoms with E-state index in [2.05, 4.69) is 48.9 Å². The van der Waals surface area contributed by atoms with Crippen LogP contribution in [0.5, 0.6) is 5.75 Å². The summed E-state index contributed by atoms with van der Waals surface area (Å²) in [6.45, 7) is 6.92. The fourth-order valence-corrected chi connectivity index (χ4v) is 6.95. The molecule has 0 bridgehead atoms. The number of carbonyl (C=O) groups excluding carboxylic acids is 1. The molecule has 0 N–H and O–H groups in total. The van der Waals surface area contributed by atoms with E-state index in [9.17, 15) is 4.79 Å². The Hall–Kier alpha value is -1.79. The van der Waals surface area contributed by atoms with Gasteiger partial charge < -0.3 is 19.3 Å². The second kappa shape index (κ2) is 11.5. The van der Waals surface area contributed by atoms with Crippen LogP contribution in [0.15, 0.2) is 42.5 Å². The number of rotatable bonds is 8. The highest BCUT2D eigenvalue weighted by Gasteiger charge is 2.59. The normalized spacial score (nSPS) is 26.1. The summed E-state index contributed by atoms with van der Waals surface area (Å²) < 4.78 is 12.1. The molecule has 2 aromatic carbocycles. The first-order chi connectivity index (χ1) is 17.6. The molecule has 2 aliphatic rings. The van der Waals surface area contributed by atoms with Crippen LogP contribution in [-0.2, 0) is 21.4 Å². The van der Waals surface area contributed by atoms with Gasteiger partial charge in [-0.25, -0.2) is 0 Å². The first-order valence-electron chi connectivity index (χ1n) is 13.2. The topological polar surface area (TPSA) is 42.0 Å². The minimum absolute atomic E-state index is 0.121. The van der Waals surface area contributed by atoms with Crippen LogP contribution in [0.25, 0.3) is 0 Å². The van der Waals surface area contributed by atoms with Crippen molar-refractivity contribution in [3.05, 3.63) is 63.6 Å². The molecule has 202 valence electrons. The van der Waals surface area contributed by atoms with E-state index in [1.807, 2.05) is 19.2 Å². The van der Waals surface area contributed by atoms with Gasteiger partial charge in [-0.3, -0.25) is 4.79 Å². The fourth-order valence-electron chi connectivity index (χ4n) is 6.63. The van der Waals surface area contributed by atoms with Crippen LogP contribution < -0.4 is 4.74 Å². The predicted octanol–water partition coefficient (Wildman–Crippen LogP) is 6.24. The number of hydrogen-bond acceptors (Lipinski definition) is 4. The van der Waals surface area contributed by atoms with Gasteiger partial charge in [0.2, 0.25) is 5.91 Å². The maximum absolute atomic E-state index is 13.8. The van der Waals surface area contributed by atoms with Crippen molar-refractivity contribution in [2.24, 2.45) is 5.92 Å². The Morgan fingerprint density at radius 3 is 2.59 bits per heavy atom. The van der Waals surface area contributed by atoms with Crippen LogP contribution in [0.2, 0.25) is 10.0 Å². The van der Waals surface area contributed by atoms with E-state index in [0.29, 0.717) is 22.4 Å². The monoisotopic (exact) mass is 546 g/mol. The summed E-state index contributed by atoms with van der Waals surface area (Å²) in [6, 6.07) is 14.0. The van der Waals surface area contributed by atoms with Crippen molar-refractivity contribution < 1.29 is 14.3 Å². The summed E-state index contributed by atoms with van der Waals surface area (Å²) >= 11 is 12.4. The maximum Gasteiger partial charge on any atom is 0.227 e. The Kier molecular flexibility index (Phi) is 8.79. The molecule has 5 nitrogen and oxygen atoms in total. The summed E-state index contributed by atoms with van der Waals surface area (Å²) in [5, 5.41) is 0.982. The van der Waals surface area contributed by atoms with Crippen LogP contribution in [0.1, 0.15) is 50.7 Å². The van der Waals surface area contributed by atoms with Gasteiger partial charge in [0, 0.05) is 31.7 Å². The second-order valence-corrected chi connectivity index (χ2v) is 12.1. The number of benzene rings is 2. The van der Waals surface area contributed by atoms with Crippen molar-refractivity contribution in [1.29, 1.82) is 0 Å². The average Bonchev–Trinajstić information content (AvgIpc) is 2.89. The largest absolute Gasteiger partial charge is 0.497 e. The molecule has 1 amide bonds. The van der Waals surface area contributed by atoms with Crippen molar-refractivity contribution in [3.8, 4) is 5.75 Å². The van der Waals surface area contributed by atoms with Crippen molar-refractivity contribution in [2.45, 2.75) is 63.0 Å². The summed E-state index contributed by atoms with van der Waals surface area (Å²) in [6.07, 6.45) is 3.95. The highest BCUT2D eigenvalue weighted by molar-refractivity contribution is 6.42. The second-order valence-electron chi connectivity index (χ2n) is 11.3. The quantitative estimate of drug-likeness (QED) is 0.393. The van der Waals surface area contributed by atoms with E-state index in [4.69, 9.17) is 32.7 Å². The zero-order valence-corrected chi connectivity index (χ0v) is 24.2. The van der Waals surface area contributed by atoms with Crippen molar-refractivity contribution in [1.82, 2.24) is 9.80 Å². The SMILES string of the molecule is COc1cccc([C@@]23CCN(C)C[C@@]2(OC)CC[C@@H](N(CC(C)C)C(=O)Cc2ccc(Cl)c(Cl)c2)C3)c1. The zero-order chi connectivity index (χ0) is 26.8. The lowest BCUT2D eigenvalue weighted by Crippen LogP contribution is -2.67. The van der Waals surface area contributed by atoms with Crippen LogP contribution in [0.3, 0.4) is 0 Å². The Labute approximate surface area is 232 Å². The van der Waals surface area contributed by atoms with E-state index >= 15 is 0 Å². The van der Waals surface area contributed by atoms with E-state index in [1.165, 1.54) is 5.56 Å². The van der Waals surface area contributed by atoms with Crippen molar-refractivity contribution in [3.63, 3.8) is 0 Å². The third-order valence-corrected chi connectivity index (χ3v) is 9.20. The number of likely N-dealkylation sites (N-methyl/N-ethyl adjacent to an activating group) is 1. The van der Waals surface area contributed by atoms with E-state index < -0.39 is 0 Å². The van der Waals surface area contributed by atoms with Gasteiger partial charge in [0.1, 0.15) is 5.75 Å². The van der Waals surface area contributed by atoms with Crippen molar-refractivity contribution in [2.75, 3.05) is 40.9 Å². The Balaban J connectivity index is 1.70. The first kappa shape index (κ1) is 28.2. The number of nitrogens with zero attached hydrogens (tertiary/aromatic N) is 2. The number of methoxy groups -OCH3 is 2. The fraction of sp³-hybridized carbons (Fsp3) is 0.567. The number of piperidine rings is 1. The molecule has 1 aliphatic heterocycles. The molecule has 1 heterocycles. The Bertz CT molecular complexity index is 1110. The van der Waals surface area contributed by atoms with Gasteiger partial charge in [-0.05, 0) is 80.6 Å². The lowest BCUT2D eigenvalue weighted by atomic mass is 9.55. The van der Waals surface area contributed by atoms with Gasteiger partial charge in [0.25, 0.3) is 0 Å². The Morgan fingerprint density at radius 2 is 1.92 bits per heavy atom. The number of fused-ring (bicyclic) bond motifs is 1. The first-order valence-corrected chi connectivity index (χ1v) is 14.0. The predicted molar refractivity (Wildman–Crippen MR) is 151 cm³/mol. The minimum atomic E-state index is -0.320.